The Balaban J connectivity index is 0.000000252. The van der Waals surface area contributed by atoms with Crippen molar-refractivity contribution in [2.24, 2.45) is 4.99 Å². The Morgan fingerprint density at radius 2 is 1.33 bits per heavy atom. The SMILES string of the molecule is CN=C(C)C=C(C)O.[Pt].c1cnc2c(c1)ccc1ccc3cccnc3c12. The molecule has 2 aromatic heterocycles. The number of allylic oxidation sites excluding steroid dienone is 2. The average molecular weight is 539 g/mol. The van der Waals surface area contributed by atoms with Gasteiger partial charge >= 0.3 is 0 Å². The Hall–Kier alpha value is -2.58. The number of aromatic nitrogens is 2. The minimum absolute atomic E-state index is 0. The van der Waals surface area contributed by atoms with Crippen molar-refractivity contribution in [3.05, 3.63) is 72.8 Å². The molecule has 0 saturated heterocycles. The van der Waals surface area contributed by atoms with Gasteiger partial charge in [-0.1, -0.05) is 36.4 Å². The summed E-state index contributed by atoms with van der Waals surface area (Å²) in [6, 6.07) is 16.6. The summed E-state index contributed by atoms with van der Waals surface area (Å²) >= 11 is 0. The van der Waals surface area contributed by atoms with Gasteiger partial charge in [0.2, 0.25) is 0 Å². The number of aliphatic hydroxyl groups excluding tert-OH is 1. The minimum atomic E-state index is 0. The second-order valence-electron chi connectivity index (χ2n) is 6.03. The van der Waals surface area contributed by atoms with Gasteiger partial charge in [-0.2, -0.15) is 0 Å². The monoisotopic (exact) mass is 538 g/mol. The molecule has 2 heterocycles. The molecule has 0 radical (unpaired) electrons. The predicted molar refractivity (Wildman–Crippen MR) is 110 cm³/mol. The third kappa shape index (κ3) is 4.78. The number of fused-ring (bicyclic) bond motifs is 5. The summed E-state index contributed by atoms with van der Waals surface area (Å²) in [5.41, 5.74) is 2.89. The van der Waals surface area contributed by atoms with Crippen molar-refractivity contribution in [1.82, 2.24) is 9.97 Å². The summed E-state index contributed by atoms with van der Waals surface area (Å²) in [6.07, 6.45) is 5.28. The number of aliphatic imine (C=N–C) groups is 1. The van der Waals surface area contributed by atoms with Crippen LogP contribution in [-0.4, -0.2) is 27.8 Å². The Kier molecular flexibility index (Phi) is 7.20. The third-order valence-corrected chi connectivity index (χ3v) is 4.10. The van der Waals surface area contributed by atoms with Crippen molar-refractivity contribution < 1.29 is 26.2 Å². The smallest absolute Gasteiger partial charge is 0.0909 e. The molecule has 0 aliphatic heterocycles. The number of hydrogen-bond acceptors (Lipinski definition) is 4. The van der Waals surface area contributed by atoms with E-state index in [-0.39, 0.29) is 21.1 Å². The topological polar surface area (TPSA) is 58.4 Å². The third-order valence-electron chi connectivity index (χ3n) is 4.10. The number of rotatable bonds is 1. The Morgan fingerprint density at radius 1 is 0.852 bits per heavy atom. The molecular weight excluding hydrogens is 517 g/mol. The number of hydrogen-bond donors (Lipinski definition) is 1. The van der Waals surface area contributed by atoms with Gasteiger partial charge in [-0.3, -0.25) is 15.0 Å². The van der Waals surface area contributed by atoms with Crippen molar-refractivity contribution in [2.75, 3.05) is 7.05 Å². The normalized spacial score (nSPS) is 11.8. The molecule has 27 heavy (non-hydrogen) atoms. The van der Waals surface area contributed by atoms with Crippen LogP contribution < -0.4 is 0 Å². The fraction of sp³-hybridized carbons (Fsp3) is 0.136. The molecule has 5 heteroatoms. The van der Waals surface area contributed by atoms with Gasteiger partial charge in [-0.25, -0.2) is 0 Å². The standard InChI is InChI=1S/C16H10N2.C6H11NO.Pt/c1-3-12-7-5-11-6-8-13-4-2-10-18-16(13)14(11)15(12)17-9-1;1-5(7-3)4-6(2)8;/h1-10H;4,8H,1-3H3;. The average Bonchev–Trinajstić information content (AvgIpc) is 2.67. The molecule has 2 aromatic carbocycles. The van der Waals surface area contributed by atoms with E-state index in [1.54, 1.807) is 20.0 Å². The molecule has 140 valence electrons. The number of pyridine rings is 2. The fourth-order valence-electron chi connectivity index (χ4n) is 2.86. The summed E-state index contributed by atoms with van der Waals surface area (Å²) in [6.45, 7) is 3.45. The van der Waals surface area contributed by atoms with Crippen molar-refractivity contribution in [3.63, 3.8) is 0 Å². The van der Waals surface area contributed by atoms with Crippen LogP contribution in [0.2, 0.25) is 0 Å². The number of nitrogens with zero attached hydrogens (tertiary/aromatic N) is 3. The molecule has 0 bridgehead atoms. The summed E-state index contributed by atoms with van der Waals surface area (Å²) in [5.74, 6) is 0.299. The zero-order valence-corrected chi connectivity index (χ0v) is 17.7. The largest absolute Gasteiger partial charge is 0.513 e. The Morgan fingerprint density at radius 3 is 1.74 bits per heavy atom. The van der Waals surface area contributed by atoms with E-state index in [1.807, 2.05) is 31.5 Å². The summed E-state index contributed by atoms with van der Waals surface area (Å²) in [7, 11) is 1.69. The van der Waals surface area contributed by atoms with Gasteiger partial charge in [-0.15, -0.1) is 0 Å². The van der Waals surface area contributed by atoms with Crippen LogP contribution in [0, 0.1) is 0 Å². The van der Waals surface area contributed by atoms with E-state index in [0.29, 0.717) is 5.76 Å². The molecule has 0 saturated carbocycles. The van der Waals surface area contributed by atoms with Crippen LogP contribution in [0.5, 0.6) is 0 Å². The van der Waals surface area contributed by atoms with E-state index in [9.17, 15) is 0 Å². The van der Waals surface area contributed by atoms with E-state index in [4.69, 9.17) is 5.11 Å². The first-order valence-corrected chi connectivity index (χ1v) is 8.42. The van der Waals surface area contributed by atoms with Crippen LogP contribution in [0.25, 0.3) is 32.6 Å². The molecule has 0 spiro atoms. The van der Waals surface area contributed by atoms with Crippen molar-refractivity contribution in [1.29, 1.82) is 0 Å². The van der Waals surface area contributed by atoms with E-state index in [1.165, 1.54) is 5.39 Å². The fourth-order valence-corrected chi connectivity index (χ4v) is 2.86. The second-order valence-corrected chi connectivity index (χ2v) is 6.03. The van der Waals surface area contributed by atoms with Crippen molar-refractivity contribution in [2.45, 2.75) is 13.8 Å². The van der Waals surface area contributed by atoms with E-state index < -0.39 is 0 Å². The maximum absolute atomic E-state index is 8.63. The van der Waals surface area contributed by atoms with Gasteiger partial charge in [0, 0.05) is 62.4 Å². The molecule has 0 amide bonds. The van der Waals surface area contributed by atoms with Crippen LogP contribution in [0.4, 0.5) is 0 Å². The van der Waals surface area contributed by atoms with E-state index in [2.05, 4.69) is 51.4 Å². The summed E-state index contributed by atoms with van der Waals surface area (Å²) in [5, 5.41) is 13.3. The Labute approximate surface area is 172 Å². The first-order valence-electron chi connectivity index (χ1n) is 8.42. The van der Waals surface area contributed by atoms with Crippen LogP contribution in [-0.2, 0) is 21.1 Å². The number of benzene rings is 2. The molecule has 4 nitrogen and oxygen atoms in total. The van der Waals surface area contributed by atoms with Crippen molar-refractivity contribution in [3.8, 4) is 0 Å². The summed E-state index contributed by atoms with van der Waals surface area (Å²) in [4.78, 5) is 12.8. The van der Waals surface area contributed by atoms with E-state index >= 15 is 0 Å². The van der Waals surface area contributed by atoms with Crippen LogP contribution >= 0.6 is 0 Å². The molecular formula is C22H21N3OPt. The molecule has 0 aliphatic rings. The second kappa shape index (κ2) is 9.38. The molecule has 0 atom stereocenters. The summed E-state index contributed by atoms with van der Waals surface area (Å²) < 4.78 is 0. The molecule has 4 aromatic rings. The maximum atomic E-state index is 8.63. The first kappa shape index (κ1) is 20.7. The van der Waals surface area contributed by atoms with Gasteiger partial charge in [0.15, 0.2) is 0 Å². The molecule has 0 aliphatic carbocycles. The zero-order chi connectivity index (χ0) is 18.5. The molecule has 4 rings (SSSR count). The van der Waals surface area contributed by atoms with Gasteiger partial charge in [0.05, 0.1) is 16.8 Å². The first-order chi connectivity index (χ1) is 12.6. The minimum Gasteiger partial charge on any atom is -0.513 e. The van der Waals surface area contributed by atoms with Gasteiger partial charge in [-0.05, 0) is 37.4 Å². The van der Waals surface area contributed by atoms with Gasteiger partial charge in [0.1, 0.15) is 0 Å². The van der Waals surface area contributed by atoms with Crippen LogP contribution in [0.3, 0.4) is 0 Å². The number of aliphatic hydroxyl groups is 1. The molecule has 0 fully saturated rings. The molecule has 0 unspecified atom stereocenters. The van der Waals surface area contributed by atoms with Gasteiger partial charge in [0.25, 0.3) is 0 Å². The van der Waals surface area contributed by atoms with Gasteiger partial charge < -0.3 is 5.11 Å². The van der Waals surface area contributed by atoms with Crippen LogP contribution in [0.1, 0.15) is 13.8 Å². The zero-order valence-electron chi connectivity index (χ0n) is 15.5. The van der Waals surface area contributed by atoms with Crippen LogP contribution in [0.15, 0.2) is 77.8 Å². The predicted octanol–water partition coefficient (Wildman–Crippen LogP) is 5.47. The van der Waals surface area contributed by atoms with Crippen molar-refractivity contribution >= 4 is 38.3 Å². The molecule has 1 N–H and O–H groups in total. The quantitative estimate of drug-likeness (QED) is 0.199. The van der Waals surface area contributed by atoms with E-state index in [0.717, 1.165) is 32.9 Å². The maximum Gasteiger partial charge on any atom is 0.0909 e. The Bertz CT molecular complexity index is 1060.